The maximum Gasteiger partial charge on any atom is 0.234 e. The molecular formula is C15H15F2N3O3. The first-order valence-corrected chi connectivity index (χ1v) is 7.25. The van der Waals surface area contributed by atoms with Crippen LogP contribution >= 0.6 is 0 Å². The Morgan fingerprint density at radius 3 is 2.35 bits per heavy atom. The molecule has 1 unspecified atom stereocenters. The number of nitrogens with one attached hydrogen (secondary N) is 1. The molecule has 1 aromatic rings. The van der Waals surface area contributed by atoms with Gasteiger partial charge in [0.05, 0.1) is 5.92 Å². The lowest BCUT2D eigenvalue weighted by atomic mass is 9.89. The minimum absolute atomic E-state index is 0.0243. The highest BCUT2D eigenvalue weighted by Crippen LogP contribution is 2.33. The number of anilines is 1. The van der Waals surface area contributed by atoms with Gasteiger partial charge >= 0.3 is 0 Å². The zero-order valence-corrected chi connectivity index (χ0v) is 12.1. The van der Waals surface area contributed by atoms with E-state index in [0.29, 0.717) is 0 Å². The maximum absolute atomic E-state index is 14.4. The summed E-state index contributed by atoms with van der Waals surface area (Å²) in [5, 5.41) is 2.07. The highest BCUT2D eigenvalue weighted by Gasteiger charge is 2.34. The van der Waals surface area contributed by atoms with Gasteiger partial charge in [-0.3, -0.25) is 19.7 Å². The normalized spacial score (nSPS) is 25.0. The summed E-state index contributed by atoms with van der Waals surface area (Å²) in [4.78, 5) is 35.9. The Bertz CT molecular complexity index is 684. The van der Waals surface area contributed by atoms with Gasteiger partial charge in [0, 0.05) is 36.7 Å². The van der Waals surface area contributed by atoms with Crippen LogP contribution in [0.15, 0.2) is 12.1 Å². The van der Waals surface area contributed by atoms with E-state index >= 15 is 0 Å². The number of nitrogens with two attached hydrogens (primary N) is 1. The second-order valence-electron chi connectivity index (χ2n) is 5.80. The Labute approximate surface area is 130 Å². The number of rotatable bonds is 2. The van der Waals surface area contributed by atoms with Crippen LogP contribution in [0.3, 0.4) is 0 Å². The minimum Gasteiger partial charge on any atom is -0.326 e. The molecule has 0 aromatic heterocycles. The minimum atomic E-state index is -1.06. The number of benzene rings is 1. The van der Waals surface area contributed by atoms with Gasteiger partial charge in [0.25, 0.3) is 0 Å². The topological polar surface area (TPSA) is 92.5 Å². The largest absolute Gasteiger partial charge is 0.326 e. The van der Waals surface area contributed by atoms with Gasteiger partial charge in [0.2, 0.25) is 17.7 Å². The molecule has 0 bridgehead atoms. The highest BCUT2D eigenvalue weighted by atomic mass is 19.1. The van der Waals surface area contributed by atoms with Gasteiger partial charge in [-0.15, -0.1) is 0 Å². The average Bonchev–Trinajstić information content (AvgIpc) is 2.79. The number of hydrogen-bond donors (Lipinski definition) is 2. The third-order valence-electron chi connectivity index (χ3n) is 4.12. The fourth-order valence-electron chi connectivity index (χ4n) is 3.01. The predicted octanol–water partition coefficient (Wildman–Crippen LogP) is 0.549. The number of piperidine rings is 1. The Morgan fingerprint density at radius 2 is 1.83 bits per heavy atom. The van der Waals surface area contributed by atoms with E-state index in [1.807, 2.05) is 0 Å². The van der Waals surface area contributed by atoms with Crippen molar-refractivity contribution >= 4 is 23.4 Å². The molecule has 2 aliphatic rings. The first-order valence-electron chi connectivity index (χ1n) is 7.25. The van der Waals surface area contributed by atoms with E-state index in [1.165, 1.54) is 4.90 Å². The molecule has 2 atom stereocenters. The summed E-state index contributed by atoms with van der Waals surface area (Å²) in [6.07, 6.45) is 0.194. The first kappa shape index (κ1) is 15.5. The summed E-state index contributed by atoms with van der Waals surface area (Å²) in [7, 11) is 0. The smallest absolute Gasteiger partial charge is 0.234 e. The maximum atomic E-state index is 14.4. The number of imide groups is 1. The molecule has 0 aliphatic carbocycles. The van der Waals surface area contributed by atoms with E-state index in [1.54, 1.807) is 0 Å². The number of halogens is 2. The summed E-state index contributed by atoms with van der Waals surface area (Å²) >= 11 is 0. The summed E-state index contributed by atoms with van der Waals surface area (Å²) in [5.74, 6) is -4.36. The van der Waals surface area contributed by atoms with Gasteiger partial charge in [0.15, 0.2) is 0 Å². The van der Waals surface area contributed by atoms with Gasteiger partial charge in [-0.2, -0.15) is 0 Å². The van der Waals surface area contributed by atoms with E-state index in [2.05, 4.69) is 5.32 Å². The molecule has 2 saturated heterocycles. The van der Waals surface area contributed by atoms with Crippen molar-refractivity contribution in [1.82, 2.24) is 5.32 Å². The summed E-state index contributed by atoms with van der Waals surface area (Å²) in [6.45, 7) is 0.190. The van der Waals surface area contributed by atoms with E-state index in [9.17, 15) is 23.2 Å². The van der Waals surface area contributed by atoms with Crippen molar-refractivity contribution in [2.75, 3.05) is 11.4 Å². The average molecular weight is 323 g/mol. The van der Waals surface area contributed by atoms with Crippen LogP contribution in [0.1, 0.15) is 30.7 Å². The fourth-order valence-corrected chi connectivity index (χ4v) is 3.01. The van der Waals surface area contributed by atoms with E-state index in [0.717, 1.165) is 12.1 Å². The molecule has 3 amide bonds. The SMILES string of the molecule is N[C@@H]1CC(=O)N(c2cc(F)c(C3CCC(=O)NC3=O)c(F)c2)C1. The lowest BCUT2D eigenvalue weighted by molar-refractivity contribution is -0.134. The molecule has 0 saturated carbocycles. The molecule has 122 valence electrons. The van der Waals surface area contributed by atoms with Crippen molar-refractivity contribution in [3.8, 4) is 0 Å². The van der Waals surface area contributed by atoms with E-state index in [4.69, 9.17) is 5.73 Å². The van der Waals surface area contributed by atoms with Crippen LogP contribution in [0.4, 0.5) is 14.5 Å². The number of carbonyl (C=O) groups excluding carboxylic acids is 3. The molecule has 0 radical (unpaired) electrons. The molecule has 3 N–H and O–H groups in total. The van der Waals surface area contributed by atoms with Gasteiger partial charge in [-0.05, 0) is 18.6 Å². The molecule has 23 heavy (non-hydrogen) atoms. The standard InChI is InChI=1S/C15H15F2N3O3/c16-10-4-8(20-6-7(18)3-13(20)22)5-11(17)14(10)9-1-2-12(21)19-15(9)23/h4-5,7,9H,1-3,6,18H2,(H,19,21,23)/t7-,9?/m1/s1. The van der Waals surface area contributed by atoms with Crippen molar-refractivity contribution in [2.45, 2.75) is 31.2 Å². The second-order valence-corrected chi connectivity index (χ2v) is 5.80. The molecule has 2 fully saturated rings. The Kier molecular flexibility index (Phi) is 3.85. The zero-order valence-electron chi connectivity index (χ0n) is 12.1. The molecule has 3 rings (SSSR count). The monoisotopic (exact) mass is 323 g/mol. The number of nitrogens with zero attached hydrogens (tertiary/aromatic N) is 1. The lowest BCUT2D eigenvalue weighted by Gasteiger charge is -2.23. The van der Waals surface area contributed by atoms with Crippen LogP contribution in [0.2, 0.25) is 0 Å². The molecule has 6 nitrogen and oxygen atoms in total. The first-order chi connectivity index (χ1) is 10.9. The van der Waals surface area contributed by atoms with Crippen molar-refractivity contribution in [2.24, 2.45) is 5.73 Å². The summed E-state index contributed by atoms with van der Waals surface area (Å²) < 4.78 is 28.7. The van der Waals surface area contributed by atoms with Crippen LogP contribution in [0.25, 0.3) is 0 Å². The quantitative estimate of drug-likeness (QED) is 0.777. The molecule has 8 heteroatoms. The molecule has 1 aromatic carbocycles. The van der Waals surface area contributed by atoms with Crippen LogP contribution < -0.4 is 16.0 Å². The van der Waals surface area contributed by atoms with Gasteiger partial charge in [-0.1, -0.05) is 0 Å². The van der Waals surface area contributed by atoms with Crippen LogP contribution in [-0.2, 0) is 14.4 Å². The van der Waals surface area contributed by atoms with Crippen molar-refractivity contribution in [1.29, 1.82) is 0 Å². The molecule has 2 heterocycles. The zero-order chi connectivity index (χ0) is 16.7. The number of carbonyl (C=O) groups is 3. The van der Waals surface area contributed by atoms with E-state index in [-0.39, 0.29) is 49.0 Å². The van der Waals surface area contributed by atoms with Crippen molar-refractivity contribution < 1.29 is 23.2 Å². The Hall–Kier alpha value is -2.35. The number of amides is 3. The lowest BCUT2D eigenvalue weighted by Crippen LogP contribution is -2.40. The summed E-state index contributed by atoms with van der Waals surface area (Å²) in [5.41, 5.74) is 5.37. The van der Waals surface area contributed by atoms with E-state index < -0.39 is 29.4 Å². The van der Waals surface area contributed by atoms with Crippen molar-refractivity contribution in [3.05, 3.63) is 29.3 Å². The van der Waals surface area contributed by atoms with Crippen LogP contribution in [0.5, 0.6) is 0 Å². The van der Waals surface area contributed by atoms with Gasteiger partial charge < -0.3 is 10.6 Å². The third kappa shape index (κ3) is 2.81. The molecule has 0 spiro atoms. The van der Waals surface area contributed by atoms with Crippen LogP contribution in [-0.4, -0.2) is 30.3 Å². The van der Waals surface area contributed by atoms with Gasteiger partial charge in [-0.25, -0.2) is 8.78 Å². The second kappa shape index (κ2) is 5.69. The molecule has 2 aliphatic heterocycles. The number of hydrogen-bond acceptors (Lipinski definition) is 4. The van der Waals surface area contributed by atoms with Gasteiger partial charge in [0.1, 0.15) is 11.6 Å². The highest BCUT2D eigenvalue weighted by molar-refractivity contribution is 6.01. The predicted molar refractivity (Wildman–Crippen MR) is 76.4 cm³/mol. The molecular weight excluding hydrogens is 308 g/mol. The Morgan fingerprint density at radius 1 is 1.17 bits per heavy atom. The van der Waals surface area contributed by atoms with Crippen molar-refractivity contribution in [3.63, 3.8) is 0 Å². The third-order valence-corrected chi connectivity index (χ3v) is 4.12. The van der Waals surface area contributed by atoms with Crippen LogP contribution in [0, 0.1) is 11.6 Å². The Balaban J connectivity index is 1.94. The fraction of sp³-hybridized carbons (Fsp3) is 0.400. The summed E-state index contributed by atoms with van der Waals surface area (Å²) in [6, 6.07) is 1.68.